The Morgan fingerprint density at radius 2 is 1.92 bits per heavy atom. The van der Waals surface area contributed by atoms with Gasteiger partial charge in [0.2, 0.25) is 11.8 Å². The highest BCUT2D eigenvalue weighted by Gasteiger charge is 2.07. The summed E-state index contributed by atoms with van der Waals surface area (Å²) in [6, 6.07) is 0. The van der Waals surface area contributed by atoms with Crippen LogP contribution in [0, 0.1) is 0 Å². The van der Waals surface area contributed by atoms with Crippen molar-refractivity contribution in [2.24, 2.45) is 0 Å². The van der Waals surface area contributed by atoms with Crippen LogP contribution in [-0.4, -0.2) is 16.6 Å². The number of hydrogen-bond donors (Lipinski definition) is 3. The number of rotatable bonds is 2. The van der Waals surface area contributed by atoms with Gasteiger partial charge in [-0.2, -0.15) is 9.97 Å². The van der Waals surface area contributed by atoms with E-state index in [1.165, 1.54) is 0 Å². The summed E-state index contributed by atoms with van der Waals surface area (Å²) in [5, 5.41) is 0. The summed E-state index contributed by atoms with van der Waals surface area (Å²) in [5.74, 6) is 0.443. The van der Waals surface area contributed by atoms with E-state index in [0.29, 0.717) is 6.61 Å². The Kier molecular flexibility index (Phi) is 2.18. The zero-order valence-corrected chi connectivity index (χ0v) is 6.74. The summed E-state index contributed by atoms with van der Waals surface area (Å²) in [7, 11) is 0. The quantitative estimate of drug-likeness (QED) is 0.556. The summed E-state index contributed by atoms with van der Waals surface area (Å²) < 4.78 is 5.06. The van der Waals surface area contributed by atoms with Crippen molar-refractivity contribution in [3.8, 4) is 5.88 Å². The van der Waals surface area contributed by atoms with Crippen LogP contribution in [0.2, 0.25) is 0 Å². The highest BCUT2D eigenvalue weighted by Crippen LogP contribution is 2.23. The molecule has 0 amide bonds. The Labute approximate surface area is 69.7 Å². The van der Waals surface area contributed by atoms with Crippen LogP contribution in [0.3, 0.4) is 0 Å². The molecule has 0 radical (unpaired) electrons. The maximum absolute atomic E-state index is 5.51. The van der Waals surface area contributed by atoms with Gasteiger partial charge >= 0.3 is 0 Å². The lowest BCUT2D eigenvalue weighted by Gasteiger charge is -2.06. The van der Waals surface area contributed by atoms with Crippen LogP contribution < -0.4 is 21.9 Å². The molecular formula is C6H11N5O. The SMILES string of the molecule is CCOc1nc(N)nc(N)c1N. The van der Waals surface area contributed by atoms with E-state index in [4.69, 9.17) is 21.9 Å². The molecule has 0 spiro atoms. The number of hydrogen-bond acceptors (Lipinski definition) is 6. The lowest BCUT2D eigenvalue weighted by Crippen LogP contribution is -2.07. The lowest BCUT2D eigenvalue weighted by atomic mass is 10.5. The summed E-state index contributed by atoms with van der Waals surface area (Å²) >= 11 is 0. The number of nitrogens with zero attached hydrogens (tertiary/aromatic N) is 2. The molecule has 1 aromatic rings. The molecule has 0 fully saturated rings. The molecule has 0 aliphatic carbocycles. The fraction of sp³-hybridized carbons (Fsp3) is 0.333. The van der Waals surface area contributed by atoms with Gasteiger partial charge in [-0.25, -0.2) is 0 Å². The third-order valence-corrected chi connectivity index (χ3v) is 1.24. The molecule has 6 nitrogen and oxygen atoms in total. The first-order valence-corrected chi connectivity index (χ1v) is 3.46. The second kappa shape index (κ2) is 3.12. The molecule has 12 heavy (non-hydrogen) atoms. The molecule has 1 heterocycles. The monoisotopic (exact) mass is 169 g/mol. The van der Waals surface area contributed by atoms with Gasteiger partial charge < -0.3 is 21.9 Å². The molecule has 0 aliphatic heterocycles. The zero-order valence-electron chi connectivity index (χ0n) is 6.74. The van der Waals surface area contributed by atoms with Crippen LogP contribution >= 0.6 is 0 Å². The van der Waals surface area contributed by atoms with Gasteiger partial charge in [-0.05, 0) is 6.92 Å². The fourth-order valence-electron chi connectivity index (χ4n) is 0.729. The summed E-state index contributed by atoms with van der Waals surface area (Å²) in [5.41, 5.74) is 16.5. The molecule has 0 saturated heterocycles. The van der Waals surface area contributed by atoms with Crippen molar-refractivity contribution in [1.29, 1.82) is 0 Å². The summed E-state index contributed by atoms with van der Waals surface area (Å²) in [6.45, 7) is 2.27. The molecule has 66 valence electrons. The van der Waals surface area contributed by atoms with E-state index < -0.39 is 0 Å². The van der Waals surface area contributed by atoms with E-state index in [2.05, 4.69) is 9.97 Å². The first kappa shape index (κ1) is 8.38. The maximum Gasteiger partial charge on any atom is 0.244 e. The van der Waals surface area contributed by atoms with Crippen LogP contribution in [0.1, 0.15) is 6.92 Å². The minimum Gasteiger partial charge on any atom is -0.476 e. The first-order valence-electron chi connectivity index (χ1n) is 3.46. The van der Waals surface area contributed by atoms with Crippen molar-refractivity contribution < 1.29 is 4.74 Å². The minimum absolute atomic E-state index is 0.0603. The van der Waals surface area contributed by atoms with Crippen LogP contribution in [0.15, 0.2) is 0 Å². The molecule has 0 saturated carbocycles. The van der Waals surface area contributed by atoms with Crippen molar-refractivity contribution in [1.82, 2.24) is 9.97 Å². The van der Waals surface area contributed by atoms with Crippen molar-refractivity contribution in [2.75, 3.05) is 23.8 Å². The number of nitrogen functional groups attached to an aromatic ring is 3. The second-order valence-corrected chi connectivity index (χ2v) is 2.12. The Morgan fingerprint density at radius 1 is 1.25 bits per heavy atom. The smallest absolute Gasteiger partial charge is 0.244 e. The standard InChI is InChI=1S/C6H11N5O/c1-2-12-5-3(7)4(8)10-6(9)11-5/h2,7H2,1H3,(H4,8,9,10,11). The van der Waals surface area contributed by atoms with Gasteiger partial charge in [0.15, 0.2) is 5.82 Å². The molecule has 0 atom stereocenters. The van der Waals surface area contributed by atoms with E-state index in [0.717, 1.165) is 0 Å². The summed E-state index contributed by atoms with van der Waals surface area (Å²) in [4.78, 5) is 7.42. The van der Waals surface area contributed by atoms with Crippen LogP contribution in [0.25, 0.3) is 0 Å². The van der Waals surface area contributed by atoms with Gasteiger partial charge in [-0.1, -0.05) is 0 Å². The van der Waals surface area contributed by atoms with Crippen molar-refractivity contribution in [2.45, 2.75) is 6.92 Å². The molecular weight excluding hydrogens is 158 g/mol. The van der Waals surface area contributed by atoms with E-state index in [1.54, 1.807) is 0 Å². The second-order valence-electron chi connectivity index (χ2n) is 2.12. The predicted molar refractivity (Wildman–Crippen MR) is 46.4 cm³/mol. The van der Waals surface area contributed by atoms with E-state index >= 15 is 0 Å². The number of nitrogens with two attached hydrogens (primary N) is 3. The molecule has 0 aromatic carbocycles. The third kappa shape index (κ3) is 1.47. The lowest BCUT2D eigenvalue weighted by molar-refractivity contribution is 0.329. The molecule has 1 aromatic heterocycles. The van der Waals surface area contributed by atoms with Crippen LogP contribution in [-0.2, 0) is 0 Å². The number of aromatic nitrogens is 2. The van der Waals surface area contributed by atoms with Gasteiger partial charge in [0.1, 0.15) is 5.69 Å². The largest absolute Gasteiger partial charge is 0.476 e. The maximum atomic E-state index is 5.51. The average molecular weight is 169 g/mol. The zero-order chi connectivity index (χ0) is 9.14. The van der Waals surface area contributed by atoms with Crippen molar-refractivity contribution in [3.63, 3.8) is 0 Å². The number of anilines is 3. The van der Waals surface area contributed by atoms with E-state index in [9.17, 15) is 0 Å². The third-order valence-electron chi connectivity index (χ3n) is 1.24. The fourth-order valence-corrected chi connectivity index (χ4v) is 0.729. The van der Waals surface area contributed by atoms with E-state index in [-0.39, 0.29) is 23.3 Å². The molecule has 0 aliphatic rings. The molecule has 6 heteroatoms. The van der Waals surface area contributed by atoms with Gasteiger partial charge in [-0.3, -0.25) is 0 Å². The average Bonchev–Trinajstić information content (AvgIpc) is 2.00. The Bertz CT molecular complexity index is 288. The van der Waals surface area contributed by atoms with Gasteiger partial charge in [0.05, 0.1) is 6.61 Å². The normalized spacial score (nSPS) is 9.75. The Hall–Kier alpha value is -1.72. The van der Waals surface area contributed by atoms with Crippen LogP contribution in [0.4, 0.5) is 17.5 Å². The molecule has 1 rings (SSSR count). The first-order chi connectivity index (χ1) is 5.65. The van der Waals surface area contributed by atoms with Gasteiger partial charge in [-0.15, -0.1) is 0 Å². The van der Waals surface area contributed by atoms with Gasteiger partial charge in [0.25, 0.3) is 0 Å². The molecule has 6 N–H and O–H groups in total. The molecule has 0 unspecified atom stereocenters. The number of ether oxygens (including phenoxy) is 1. The topological polar surface area (TPSA) is 113 Å². The minimum atomic E-state index is 0.0603. The Balaban J connectivity index is 3.09. The van der Waals surface area contributed by atoms with Crippen molar-refractivity contribution >= 4 is 17.5 Å². The van der Waals surface area contributed by atoms with E-state index in [1.807, 2.05) is 6.92 Å². The van der Waals surface area contributed by atoms with Gasteiger partial charge in [0, 0.05) is 0 Å². The summed E-state index contributed by atoms with van der Waals surface area (Å²) in [6.07, 6.45) is 0. The highest BCUT2D eigenvalue weighted by molar-refractivity contribution is 5.65. The highest BCUT2D eigenvalue weighted by atomic mass is 16.5. The van der Waals surface area contributed by atoms with Crippen LogP contribution in [0.5, 0.6) is 5.88 Å². The molecule has 0 bridgehead atoms. The Morgan fingerprint density at radius 3 is 2.50 bits per heavy atom. The predicted octanol–water partition coefficient (Wildman–Crippen LogP) is -0.378. The van der Waals surface area contributed by atoms with Crippen molar-refractivity contribution in [3.05, 3.63) is 0 Å².